The lowest BCUT2D eigenvalue weighted by molar-refractivity contribution is -0.119. The molecule has 20 heavy (non-hydrogen) atoms. The van der Waals surface area contributed by atoms with Gasteiger partial charge in [-0.1, -0.05) is 6.92 Å². The summed E-state index contributed by atoms with van der Waals surface area (Å²) in [5.74, 6) is 0.610. The molecule has 3 N–H and O–H groups in total. The van der Waals surface area contributed by atoms with Gasteiger partial charge >= 0.3 is 0 Å². The van der Waals surface area contributed by atoms with Gasteiger partial charge in [-0.25, -0.2) is 4.99 Å². The Morgan fingerprint density at radius 1 is 1.10 bits per heavy atom. The zero-order valence-electron chi connectivity index (χ0n) is 12.5. The molecule has 0 spiro atoms. The first-order valence-corrected chi connectivity index (χ1v) is 7.87. The van der Waals surface area contributed by atoms with Crippen LogP contribution in [0, 0.1) is 0 Å². The molecule has 5 nitrogen and oxygen atoms in total. The molecule has 1 rings (SSSR count). The molecular weight excluding hydrogens is 272 g/mol. The lowest BCUT2D eigenvalue weighted by atomic mass is 10.4. The van der Waals surface area contributed by atoms with Gasteiger partial charge in [-0.2, -0.15) is 0 Å². The summed E-state index contributed by atoms with van der Waals surface area (Å²) in [5.41, 5.74) is 0. The number of carbonyl (C=O) groups is 1. The minimum absolute atomic E-state index is 0.0610. The molecule has 1 aromatic heterocycles. The number of rotatable bonds is 7. The van der Waals surface area contributed by atoms with Gasteiger partial charge in [0.2, 0.25) is 5.91 Å². The number of carbonyl (C=O) groups excluding carboxylic acids is 1. The van der Waals surface area contributed by atoms with Crippen LogP contribution in [0.15, 0.2) is 17.1 Å². The van der Waals surface area contributed by atoms with Crippen LogP contribution < -0.4 is 16.0 Å². The molecule has 0 unspecified atom stereocenters. The molecule has 1 heterocycles. The van der Waals surface area contributed by atoms with E-state index in [-0.39, 0.29) is 12.5 Å². The Balaban J connectivity index is 2.49. The second kappa shape index (κ2) is 9.36. The minimum Gasteiger partial charge on any atom is -0.357 e. The van der Waals surface area contributed by atoms with Crippen molar-refractivity contribution in [2.24, 2.45) is 4.99 Å². The second-order valence-electron chi connectivity index (χ2n) is 4.22. The number of likely N-dealkylation sites (N-methyl/N-ethyl adjacent to an activating group) is 1. The zero-order chi connectivity index (χ0) is 14.8. The summed E-state index contributed by atoms with van der Waals surface area (Å²) in [6.07, 6.45) is 1.07. The van der Waals surface area contributed by atoms with E-state index >= 15 is 0 Å². The summed E-state index contributed by atoms with van der Waals surface area (Å²) in [6.45, 7) is 8.33. The summed E-state index contributed by atoms with van der Waals surface area (Å²) >= 11 is 1.80. The lowest BCUT2D eigenvalue weighted by Gasteiger charge is -2.10. The topological polar surface area (TPSA) is 65.5 Å². The first-order valence-electron chi connectivity index (χ1n) is 7.06. The number of aliphatic imine (C=N–C) groups is 1. The molecule has 0 aliphatic heterocycles. The van der Waals surface area contributed by atoms with Crippen LogP contribution in [0.1, 0.15) is 30.5 Å². The van der Waals surface area contributed by atoms with E-state index in [1.54, 1.807) is 11.3 Å². The van der Waals surface area contributed by atoms with Crippen molar-refractivity contribution in [2.45, 2.75) is 33.7 Å². The van der Waals surface area contributed by atoms with E-state index in [9.17, 15) is 4.79 Å². The quantitative estimate of drug-likeness (QED) is 0.528. The highest BCUT2D eigenvalue weighted by Crippen LogP contribution is 2.16. The predicted octanol–water partition coefficient (Wildman–Crippen LogP) is 1.50. The number of guanidine groups is 1. The Hall–Kier alpha value is -1.56. The maximum absolute atomic E-state index is 11.4. The molecule has 0 atom stereocenters. The molecule has 112 valence electrons. The van der Waals surface area contributed by atoms with E-state index in [0.29, 0.717) is 12.5 Å². The molecule has 0 aliphatic carbocycles. The van der Waals surface area contributed by atoms with Crippen LogP contribution in [0.5, 0.6) is 0 Å². The SMILES string of the molecule is CCNC(=O)CN=C(NCC)NCc1ccc(CC)s1. The maximum atomic E-state index is 11.4. The van der Waals surface area contributed by atoms with Crippen molar-refractivity contribution in [2.75, 3.05) is 19.6 Å². The van der Waals surface area contributed by atoms with E-state index in [0.717, 1.165) is 19.5 Å². The van der Waals surface area contributed by atoms with Crippen LogP contribution >= 0.6 is 11.3 Å². The predicted molar refractivity (Wildman–Crippen MR) is 85.2 cm³/mol. The Labute approximate surface area is 124 Å². The molecule has 1 aromatic rings. The van der Waals surface area contributed by atoms with Crippen molar-refractivity contribution >= 4 is 23.2 Å². The maximum Gasteiger partial charge on any atom is 0.241 e. The standard InChI is InChI=1S/C14H24N4OS/c1-4-11-7-8-12(20-11)9-17-14(16-6-3)18-10-13(19)15-5-2/h7-8H,4-6,9-10H2,1-3H3,(H,15,19)(H2,16,17,18). The number of thiophene rings is 1. The number of nitrogens with zero attached hydrogens (tertiary/aromatic N) is 1. The molecule has 0 fully saturated rings. The number of nitrogens with one attached hydrogen (secondary N) is 3. The summed E-state index contributed by atoms with van der Waals surface area (Å²) < 4.78 is 0. The normalized spacial score (nSPS) is 11.2. The minimum atomic E-state index is -0.0610. The van der Waals surface area contributed by atoms with Gasteiger partial charge in [0.25, 0.3) is 0 Å². The van der Waals surface area contributed by atoms with Crippen LogP contribution in [0.25, 0.3) is 0 Å². The molecule has 6 heteroatoms. The fourth-order valence-electron chi connectivity index (χ4n) is 1.62. The number of amides is 1. The first kappa shape index (κ1) is 16.5. The van der Waals surface area contributed by atoms with Crippen LogP contribution in [0.3, 0.4) is 0 Å². The summed E-state index contributed by atoms with van der Waals surface area (Å²) in [6, 6.07) is 4.28. The van der Waals surface area contributed by atoms with Gasteiger partial charge in [0.15, 0.2) is 5.96 Å². The van der Waals surface area contributed by atoms with Crippen molar-refractivity contribution in [3.8, 4) is 0 Å². The summed E-state index contributed by atoms with van der Waals surface area (Å²) in [7, 11) is 0. The Bertz CT molecular complexity index is 442. The third-order valence-electron chi connectivity index (χ3n) is 2.59. The van der Waals surface area contributed by atoms with Crippen molar-refractivity contribution in [3.63, 3.8) is 0 Å². The van der Waals surface area contributed by atoms with E-state index < -0.39 is 0 Å². The number of hydrogen-bond acceptors (Lipinski definition) is 3. The van der Waals surface area contributed by atoms with E-state index in [1.807, 2.05) is 13.8 Å². The molecule has 0 aromatic carbocycles. The second-order valence-corrected chi connectivity index (χ2v) is 5.48. The Morgan fingerprint density at radius 3 is 2.40 bits per heavy atom. The Morgan fingerprint density at radius 2 is 1.80 bits per heavy atom. The fourth-order valence-corrected chi connectivity index (χ4v) is 2.52. The van der Waals surface area contributed by atoms with Crippen LogP contribution in [0.4, 0.5) is 0 Å². The molecule has 1 amide bonds. The van der Waals surface area contributed by atoms with Crippen molar-refractivity contribution < 1.29 is 4.79 Å². The molecule has 0 saturated heterocycles. The summed E-state index contributed by atoms with van der Waals surface area (Å²) in [5, 5.41) is 9.10. The third-order valence-corrected chi connectivity index (χ3v) is 3.82. The van der Waals surface area contributed by atoms with Crippen LogP contribution in [-0.4, -0.2) is 31.5 Å². The van der Waals surface area contributed by atoms with Gasteiger partial charge in [0.05, 0.1) is 6.54 Å². The highest BCUT2D eigenvalue weighted by atomic mass is 32.1. The van der Waals surface area contributed by atoms with E-state index in [1.165, 1.54) is 9.75 Å². The van der Waals surface area contributed by atoms with Crippen LogP contribution in [0.2, 0.25) is 0 Å². The molecule has 0 radical (unpaired) electrons. The highest BCUT2D eigenvalue weighted by molar-refractivity contribution is 7.11. The largest absolute Gasteiger partial charge is 0.357 e. The lowest BCUT2D eigenvalue weighted by Crippen LogP contribution is -2.38. The molecule has 0 saturated carbocycles. The first-order chi connectivity index (χ1) is 9.69. The van der Waals surface area contributed by atoms with Gasteiger partial charge < -0.3 is 16.0 Å². The van der Waals surface area contributed by atoms with E-state index in [2.05, 4.69) is 40.0 Å². The molecular formula is C14H24N4OS. The van der Waals surface area contributed by atoms with Gasteiger partial charge in [-0.3, -0.25) is 4.79 Å². The van der Waals surface area contributed by atoms with Crippen molar-refractivity contribution in [1.82, 2.24) is 16.0 Å². The van der Waals surface area contributed by atoms with Crippen molar-refractivity contribution in [1.29, 1.82) is 0 Å². The molecule has 0 bridgehead atoms. The number of hydrogen-bond donors (Lipinski definition) is 3. The Kier molecular flexibility index (Phi) is 7.72. The highest BCUT2D eigenvalue weighted by Gasteiger charge is 2.03. The monoisotopic (exact) mass is 296 g/mol. The number of aryl methyl sites for hydroxylation is 1. The van der Waals surface area contributed by atoms with E-state index in [4.69, 9.17) is 0 Å². The van der Waals surface area contributed by atoms with Gasteiger partial charge in [0.1, 0.15) is 6.54 Å². The average molecular weight is 296 g/mol. The van der Waals surface area contributed by atoms with Crippen molar-refractivity contribution in [3.05, 3.63) is 21.9 Å². The molecule has 0 aliphatic rings. The van der Waals surface area contributed by atoms with Gasteiger partial charge in [0, 0.05) is 22.8 Å². The third kappa shape index (κ3) is 6.06. The summed E-state index contributed by atoms with van der Waals surface area (Å²) in [4.78, 5) is 18.3. The smallest absolute Gasteiger partial charge is 0.241 e. The van der Waals surface area contributed by atoms with Gasteiger partial charge in [-0.15, -0.1) is 11.3 Å². The zero-order valence-corrected chi connectivity index (χ0v) is 13.3. The fraction of sp³-hybridized carbons (Fsp3) is 0.571. The van der Waals surface area contributed by atoms with Crippen LogP contribution in [-0.2, 0) is 17.8 Å². The van der Waals surface area contributed by atoms with Gasteiger partial charge in [-0.05, 0) is 32.4 Å². The average Bonchev–Trinajstić information content (AvgIpc) is 2.90.